The van der Waals surface area contributed by atoms with Gasteiger partial charge in [-0.2, -0.15) is 0 Å². The first-order chi connectivity index (χ1) is 19.2. The van der Waals surface area contributed by atoms with Crippen molar-refractivity contribution in [1.29, 1.82) is 0 Å². The van der Waals surface area contributed by atoms with E-state index in [1.165, 1.54) is 6.92 Å². The van der Waals surface area contributed by atoms with Gasteiger partial charge in [-0.25, -0.2) is 0 Å². The standard InChI is InChI=1S/C33H46ClN3O3/c1-23-8-4-9-27(20-23)31-29(11-5-12-30(31)34)33(40,17-7-18-36-24(2)38)28-10-6-19-37(22-28)32(39)26-15-13-25(14-16-26)21-35-3/h4-5,8-9,11-12,20,25-26,28,35,40H,6-7,10,13-19,21-22H2,1-3H3,(H,36,38)/t25-,26-,28-,33+/m1/s1. The summed E-state index contributed by atoms with van der Waals surface area (Å²) in [5.74, 6) is 0.766. The van der Waals surface area contributed by atoms with Crippen molar-refractivity contribution < 1.29 is 14.7 Å². The predicted molar refractivity (Wildman–Crippen MR) is 162 cm³/mol. The lowest BCUT2D eigenvalue weighted by Crippen LogP contribution is -2.50. The fraction of sp³-hybridized carbons (Fsp3) is 0.576. The van der Waals surface area contributed by atoms with Crippen LogP contribution < -0.4 is 10.6 Å². The molecule has 3 N–H and O–H groups in total. The molecule has 1 aliphatic heterocycles. The second-order valence-electron chi connectivity index (χ2n) is 11.9. The van der Waals surface area contributed by atoms with E-state index in [9.17, 15) is 14.7 Å². The van der Waals surface area contributed by atoms with E-state index >= 15 is 0 Å². The molecule has 2 aromatic carbocycles. The van der Waals surface area contributed by atoms with Gasteiger partial charge in [0.2, 0.25) is 11.8 Å². The first-order valence-corrected chi connectivity index (χ1v) is 15.4. The van der Waals surface area contributed by atoms with E-state index in [-0.39, 0.29) is 23.7 Å². The van der Waals surface area contributed by atoms with E-state index in [4.69, 9.17) is 11.6 Å². The van der Waals surface area contributed by atoms with Crippen molar-refractivity contribution in [2.24, 2.45) is 17.8 Å². The largest absolute Gasteiger partial charge is 0.385 e. The number of nitrogens with zero attached hydrogens (tertiary/aromatic N) is 1. The molecule has 40 heavy (non-hydrogen) atoms. The molecule has 4 rings (SSSR count). The van der Waals surface area contributed by atoms with Crippen molar-refractivity contribution in [3.05, 3.63) is 58.6 Å². The number of aliphatic hydroxyl groups is 1. The predicted octanol–water partition coefficient (Wildman–Crippen LogP) is 5.68. The molecule has 6 nitrogen and oxygen atoms in total. The Morgan fingerprint density at radius 1 is 1.10 bits per heavy atom. The van der Waals surface area contributed by atoms with Crippen molar-refractivity contribution in [2.45, 2.75) is 70.8 Å². The number of piperidine rings is 1. The van der Waals surface area contributed by atoms with Crippen LogP contribution in [0.1, 0.15) is 69.4 Å². The van der Waals surface area contributed by atoms with Crippen molar-refractivity contribution in [1.82, 2.24) is 15.5 Å². The Balaban J connectivity index is 1.62. The summed E-state index contributed by atoms with van der Waals surface area (Å²) in [6, 6.07) is 14.0. The van der Waals surface area contributed by atoms with Crippen LogP contribution in [0.5, 0.6) is 0 Å². The molecule has 1 heterocycles. The molecule has 1 saturated heterocycles. The highest BCUT2D eigenvalue weighted by molar-refractivity contribution is 6.33. The topological polar surface area (TPSA) is 81.7 Å². The summed E-state index contributed by atoms with van der Waals surface area (Å²) in [7, 11) is 1.99. The van der Waals surface area contributed by atoms with Crippen molar-refractivity contribution in [3.63, 3.8) is 0 Å². The summed E-state index contributed by atoms with van der Waals surface area (Å²) in [5, 5.41) is 19.5. The van der Waals surface area contributed by atoms with Gasteiger partial charge in [0.1, 0.15) is 0 Å². The second kappa shape index (κ2) is 14.0. The summed E-state index contributed by atoms with van der Waals surface area (Å²) in [5.41, 5.74) is 2.55. The van der Waals surface area contributed by atoms with Gasteiger partial charge in [-0.05, 0) is 95.0 Å². The minimum Gasteiger partial charge on any atom is -0.385 e. The number of rotatable bonds is 10. The minimum absolute atomic E-state index is 0.0775. The Kier molecular flexibility index (Phi) is 10.7. The van der Waals surface area contributed by atoms with Crippen LogP contribution in [-0.4, -0.2) is 55.0 Å². The molecular weight excluding hydrogens is 522 g/mol. The molecule has 2 aliphatic rings. The van der Waals surface area contributed by atoms with E-state index < -0.39 is 5.60 Å². The number of nitrogens with one attached hydrogen (secondary N) is 2. The molecule has 7 heteroatoms. The number of halogens is 1. The highest BCUT2D eigenvalue weighted by Gasteiger charge is 2.43. The second-order valence-corrected chi connectivity index (χ2v) is 12.3. The first-order valence-electron chi connectivity index (χ1n) is 15.0. The zero-order valence-corrected chi connectivity index (χ0v) is 25.1. The van der Waals surface area contributed by atoms with Gasteiger partial charge in [-0.1, -0.05) is 53.6 Å². The summed E-state index contributed by atoms with van der Waals surface area (Å²) in [6.45, 7) is 6.34. The Labute approximate surface area is 244 Å². The number of amides is 2. The van der Waals surface area contributed by atoms with E-state index in [1.54, 1.807) is 0 Å². The zero-order chi connectivity index (χ0) is 28.7. The summed E-state index contributed by atoms with van der Waals surface area (Å²) < 4.78 is 0. The zero-order valence-electron chi connectivity index (χ0n) is 24.3. The van der Waals surface area contributed by atoms with Crippen molar-refractivity contribution in [3.8, 4) is 11.1 Å². The average molecular weight is 568 g/mol. The van der Waals surface area contributed by atoms with E-state index in [0.717, 1.165) is 73.9 Å². The highest BCUT2D eigenvalue weighted by atomic mass is 35.5. The lowest BCUT2D eigenvalue weighted by Gasteiger charge is -2.45. The molecule has 0 radical (unpaired) electrons. The van der Waals surface area contributed by atoms with Crippen LogP contribution in [0.15, 0.2) is 42.5 Å². The van der Waals surface area contributed by atoms with Gasteiger partial charge in [0, 0.05) is 49.0 Å². The molecule has 0 spiro atoms. The van der Waals surface area contributed by atoms with Crippen LogP contribution in [-0.2, 0) is 15.2 Å². The maximum Gasteiger partial charge on any atom is 0.225 e. The van der Waals surface area contributed by atoms with Crippen molar-refractivity contribution >= 4 is 23.4 Å². The summed E-state index contributed by atoms with van der Waals surface area (Å²) >= 11 is 6.84. The van der Waals surface area contributed by atoms with Gasteiger partial charge in [-0.3, -0.25) is 9.59 Å². The number of benzene rings is 2. The Hall–Kier alpha value is -2.41. The lowest BCUT2D eigenvalue weighted by molar-refractivity contribution is -0.142. The fourth-order valence-corrected chi connectivity index (χ4v) is 7.17. The number of hydrogen-bond acceptors (Lipinski definition) is 4. The summed E-state index contributed by atoms with van der Waals surface area (Å²) in [4.78, 5) is 27.3. The summed E-state index contributed by atoms with van der Waals surface area (Å²) in [6.07, 6.45) is 6.84. The molecule has 1 saturated carbocycles. The van der Waals surface area contributed by atoms with Crippen LogP contribution in [0.2, 0.25) is 5.02 Å². The number of carbonyl (C=O) groups excluding carboxylic acids is 2. The van der Waals surface area contributed by atoms with Gasteiger partial charge in [0.25, 0.3) is 0 Å². The SMILES string of the molecule is CNC[C@H]1CC[C@H](C(=O)N2CCC[C@@H]([C@@](O)(CCCNC(C)=O)c3cccc(Cl)c3-c3cccc(C)c3)C2)CC1. The Morgan fingerprint density at radius 2 is 1.85 bits per heavy atom. The number of aryl methyl sites for hydroxylation is 1. The number of carbonyl (C=O) groups is 2. The Bertz CT molecular complexity index is 1160. The minimum atomic E-state index is -1.20. The molecule has 0 bridgehead atoms. The maximum atomic E-state index is 13.7. The van der Waals surface area contributed by atoms with Gasteiger partial charge < -0.3 is 20.6 Å². The van der Waals surface area contributed by atoms with Crippen LogP contribution in [0.3, 0.4) is 0 Å². The maximum absolute atomic E-state index is 13.7. The molecule has 2 aromatic rings. The molecular formula is C33H46ClN3O3. The van der Waals surface area contributed by atoms with Crippen LogP contribution in [0.25, 0.3) is 11.1 Å². The van der Waals surface area contributed by atoms with Crippen molar-refractivity contribution in [2.75, 3.05) is 33.2 Å². The number of likely N-dealkylation sites (tertiary alicyclic amines) is 1. The normalized spacial score (nSPS) is 22.9. The quantitative estimate of drug-likeness (QED) is 0.322. The van der Waals surface area contributed by atoms with E-state index in [2.05, 4.69) is 29.7 Å². The number of hydrogen-bond donors (Lipinski definition) is 3. The third kappa shape index (κ3) is 7.26. The molecule has 0 aromatic heterocycles. The molecule has 218 valence electrons. The van der Waals surface area contributed by atoms with Gasteiger partial charge >= 0.3 is 0 Å². The van der Waals surface area contributed by atoms with Crippen LogP contribution >= 0.6 is 11.6 Å². The van der Waals surface area contributed by atoms with Gasteiger partial charge in [-0.15, -0.1) is 0 Å². The smallest absolute Gasteiger partial charge is 0.225 e. The van der Waals surface area contributed by atoms with Crippen LogP contribution in [0.4, 0.5) is 0 Å². The van der Waals surface area contributed by atoms with Gasteiger partial charge in [0.15, 0.2) is 0 Å². The molecule has 1 aliphatic carbocycles. The first kappa shape index (κ1) is 30.5. The molecule has 0 unspecified atom stereocenters. The fourth-order valence-electron chi connectivity index (χ4n) is 6.89. The molecule has 2 atom stereocenters. The van der Waals surface area contributed by atoms with Crippen LogP contribution in [0, 0.1) is 24.7 Å². The molecule has 2 fully saturated rings. The third-order valence-electron chi connectivity index (χ3n) is 8.99. The molecule has 2 amide bonds. The monoisotopic (exact) mass is 567 g/mol. The average Bonchev–Trinajstić information content (AvgIpc) is 2.95. The lowest BCUT2D eigenvalue weighted by atomic mass is 9.72. The highest BCUT2D eigenvalue weighted by Crippen LogP contribution is 2.46. The van der Waals surface area contributed by atoms with Gasteiger partial charge in [0.05, 0.1) is 5.60 Å². The Morgan fingerprint density at radius 3 is 2.55 bits per heavy atom. The van der Waals surface area contributed by atoms with E-state index in [0.29, 0.717) is 36.9 Å². The third-order valence-corrected chi connectivity index (χ3v) is 9.31. The van der Waals surface area contributed by atoms with E-state index in [1.807, 2.05) is 42.3 Å².